The SMILES string of the molecule is O=c1c[n+](-c2ccccc2/C(=N/[O-])c2ccccc2)[nH]o1. The molecule has 21 heavy (non-hydrogen) atoms. The number of benzene rings is 2. The van der Waals surface area contributed by atoms with E-state index in [1.165, 1.54) is 10.9 Å². The van der Waals surface area contributed by atoms with Gasteiger partial charge in [0.25, 0.3) is 6.20 Å². The molecule has 104 valence electrons. The van der Waals surface area contributed by atoms with Gasteiger partial charge in [-0.2, -0.15) is 0 Å². The molecule has 0 bridgehead atoms. The van der Waals surface area contributed by atoms with Crippen molar-refractivity contribution in [3.05, 3.63) is 87.5 Å². The lowest BCUT2D eigenvalue weighted by atomic mass is 10.0. The van der Waals surface area contributed by atoms with E-state index in [2.05, 4.69) is 15.0 Å². The predicted octanol–water partition coefficient (Wildman–Crippen LogP) is 1.58. The summed E-state index contributed by atoms with van der Waals surface area (Å²) in [5.74, 6) is 0. The van der Waals surface area contributed by atoms with Gasteiger partial charge in [-0.3, -0.25) is 4.52 Å². The highest BCUT2D eigenvalue weighted by Crippen LogP contribution is 2.15. The van der Waals surface area contributed by atoms with E-state index >= 15 is 0 Å². The van der Waals surface area contributed by atoms with Crippen molar-refractivity contribution >= 4 is 5.71 Å². The maximum atomic E-state index is 11.3. The Labute approximate surface area is 119 Å². The molecule has 3 rings (SSSR count). The van der Waals surface area contributed by atoms with Gasteiger partial charge in [0.15, 0.2) is 0 Å². The second-order valence-electron chi connectivity index (χ2n) is 4.33. The predicted molar refractivity (Wildman–Crippen MR) is 76.3 cm³/mol. The van der Waals surface area contributed by atoms with Crippen LogP contribution in [0.25, 0.3) is 5.69 Å². The quantitative estimate of drug-likeness (QED) is 0.449. The first kappa shape index (κ1) is 12.9. The van der Waals surface area contributed by atoms with E-state index in [1.807, 2.05) is 18.2 Å². The van der Waals surface area contributed by atoms with Crippen molar-refractivity contribution in [3.63, 3.8) is 0 Å². The maximum Gasteiger partial charge on any atom is 0.427 e. The Hall–Kier alpha value is -3.15. The molecule has 1 aromatic heterocycles. The van der Waals surface area contributed by atoms with E-state index in [0.29, 0.717) is 22.5 Å². The number of hydrogen-bond acceptors (Lipinski definition) is 4. The van der Waals surface area contributed by atoms with Gasteiger partial charge >= 0.3 is 5.63 Å². The lowest BCUT2D eigenvalue weighted by Crippen LogP contribution is -2.34. The zero-order chi connectivity index (χ0) is 14.7. The van der Waals surface area contributed by atoms with E-state index < -0.39 is 5.63 Å². The number of H-pyrrole nitrogens is 1. The van der Waals surface area contributed by atoms with Crippen molar-refractivity contribution in [1.29, 1.82) is 0 Å². The Kier molecular flexibility index (Phi) is 3.34. The maximum absolute atomic E-state index is 11.3. The monoisotopic (exact) mass is 281 g/mol. The highest BCUT2D eigenvalue weighted by molar-refractivity contribution is 6.14. The second-order valence-corrected chi connectivity index (χ2v) is 4.33. The van der Waals surface area contributed by atoms with E-state index in [1.54, 1.807) is 36.4 Å². The third-order valence-electron chi connectivity index (χ3n) is 3.04. The molecule has 0 aliphatic carbocycles. The molecule has 0 saturated heterocycles. The van der Waals surface area contributed by atoms with E-state index in [4.69, 9.17) is 0 Å². The molecule has 6 heteroatoms. The van der Waals surface area contributed by atoms with Gasteiger partial charge in [-0.25, -0.2) is 4.79 Å². The average Bonchev–Trinajstić information content (AvgIpc) is 2.96. The number of nitrogens with zero attached hydrogens (tertiary/aromatic N) is 2. The van der Waals surface area contributed by atoms with Gasteiger partial charge in [0, 0.05) is 11.6 Å². The average molecular weight is 281 g/mol. The zero-order valence-corrected chi connectivity index (χ0v) is 10.9. The lowest BCUT2D eigenvalue weighted by Gasteiger charge is -2.09. The van der Waals surface area contributed by atoms with Gasteiger partial charge in [0.2, 0.25) is 5.69 Å². The lowest BCUT2D eigenvalue weighted by molar-refractivity contribution is -0.670. The van der Waals surface area contributed by atoms with Gasteiger partial charge in [-0.05, 0) is 16.0 Å². The molecule has 6 nitrogen and oxygen atoms in total. The van der Waals surface area contributed by atoms with Crippen LogP contribution >= 0.6 is 0 Å². The highest BCUT2D eigenvalue weighted by Gasteiger charge is 2.19. The first-order valence-corrected chi connectivity index (χ1v) is 6.25. The summed E-state index contributed by atoms with van der Waals surface area (Å²) in [5, 5.41) is 16.9. The minimum atomic E-state index is -0.509. The van der Waals surface area contributed by atoms with Gasteiger partial charge in [-0.15, -0.1) is 0 Å². The molecule has 0 spiro atoms. The van der Waals surface area contributed by atoms with E-state index in [9.17, 15) is 10.0 Å². The molecule has 0 amide bonds. The van der Waals surface area contributed by atoms with Crippen LogP contribution < -0.4 is 10.3 Å². The van der Waals surface area contributed by atoms with Crippen LogP contribution in [0.4, 0.5) is 0 Å². The van der Waals surface area contributed by atoms with Crippen LogP contribution in [0.2, 0.25) is 0 Å². The van der Waals surface area contributed by atoms with Crippen LogP contribution in [-0.4, -0.2) is 11.0 Å². The number of para-hydroxylation sites is 1. The summed E-state index contributed by atoms with van der Waals surface area (Å²) in [6, 6.07) is 16.2. The summed E-state index contributed by atoms with van der Waals surface area (Å²) in [4.78, 5) is 11.2. The van der Waals surface area contributed by atoms with E-state index in [-0.39, 0.29) is 0 Å². The molecule has 0 aliphatic heterocycles. The van der Waals surface area contributed by atoms with Crippen LogP contribution in [-0.2, 0) is 0 Å². The Balaban J connectivity index is 2.17. The Morgan fingerprint density at radius 3 is 2.48 bits per heavy atom. The molecule has 3 aromatic rings. The van der Waals surface area contributed by atoms with Crippen molar-refractivity contribution in [2.24, 2.45) is 5.16 Å². The molecular weight excluding hydrogens is 270 g/mol. The van der Waals surface area contributed by atoms with Gasteiger partial charge < -0.3 is 10.4 Å². The van der Waals surface area contributed by atoms with Crippen molar-refractivity contribution in [2.45, 2.75) is 0 Å². The van der Waals surface area contributed by atoms with Crippen molar-refractivity contribution in [2.75, 3.05) is 0 Å². The molecule has 0 atom stereocenters. The minimum absolute atomic E-state index is 0.292. The van der Waals surface area contributed by atoms with Gasteiger partial charge in [-0.1, -0.05) is 42.5 Å². The molecule has 1 heterocycles. The summed E-state index contributed by atoms with van der Waals surface area (Å²) in [5.41, 5.74) is 1.68. The molecule has 0 fully saturated rings. The van der Waals surface area contributed by atoms with Gasteiger partial charge in [0.1, 0.15) is 0 Å². The summed E-state index contributed by atoms with van der Waals surface area (Å²) < 4.78 is 6.07. The van der Waals surface area contributed by atoms with Crippen LogP contribution in [0, 0.1) is 5.21 Å². The molecule has 0 aliphatic rings. The van der Waals surface area contributed by atoms with E-state index in [0.717, 1.165) is 0 Å². The fraction of sp³-hybridized carbons (Fsp3) is 0. The van der Waals surface area contributed by atoms with Crippen LogP contribution in [0.5, 0.6) is 0 Å². The Morgan fingerprint density at radius 2 is 1.81 bits per heavy atom. The molecular formula is C15H11N3O3. The molecule has 0 saturated carbocycles. The minimum Gasteiger partial charge on any atom is -0.791 e. The van der Waals surface area contributed by atoms with Crippen LogP contribution in [0.15, 0.2) is 75.3 Å². The second kappa shape index (κ2) is 5.46. The number of hydrogen-bond donors (Lipinski definition) is 1. The Morgan fingerprint density at radius 1 is 1.10 bits per heavy atom. The Bertz CT molecular complexity index is 834. The first-order valence-electron chi connectivity index (χ1n) is 6.25. The molecule has 1 N–H and O–H groups in total. The highest BCUT2D eigenvalue weighted by atomic mass is 16.5. The van der Waals surface area contributed by atoms with Crippen molar-refractivity contribution in [1.82, 2.24) is 5.27 Å². The number of nitrogens with one attached hydrogen (secondary N) is 1. The summed E-state index contributed by atoms with van der Waals surface area (Å²) >= 11 is 0. The topological polar surface area (TPSA) is 85.3 Å². The molecule has 0 radical (unpaired) electrons. The van der Waals surface area contributed by atoms with Crippen LogP contribution in [0.3, 0.4) is 0 Å². The fourth-order valence-electron chi connectivity index (χ4n) is 2.11. The zero-order valence-electron chi connectivity index (χ0n) is 10.9. The molecule has 0 unspecified atom stereocenters. The summed E-state index contributed by atoms with van der Waals surface area (Å²) in [6.45, 7) is 0. The fourth-order valence-corrected chi connectivity index (χ4v) is 2.11. The standard InChI is InChI=1S/C15H11N3O3/c19-14-10-18(17-21-14)13-9-5-4-8-12(13)15(16-20)11-6-2-1-3-7-11/h1-10H,(H-,17,19,20). The number of rotatable bonds is 3. The summed E-state index contributed by atoms with van der Waals surface area (Å²) in [7, 11) is 0. The number of aromatic amines is 1. The van der Waals surface area contributed by atoms with Crippen molar-refractivity contribution < 1.29 is 9.20 Å². The van der Waals surface area contributed by atoms with Crippen LogP contribution in [0.1, 0.15) is 11.1 Å². The molecule has 2 aromatic carbocycles. The van der Waals surface area contributed by atoms with Gasteiger partial charge in [0.05, 0.1) is 11.3 Å². The first-order chi connectivity index (χ1) is 10.3. The van der Waals surface area contributed by atoms with Crippen molar-refractivity contribution in [3.8, 4) is 5.69 Å². The summed E-state index contributed by atoms with van der Waals surface area (Å²) in [6.07, 6.45) is 1.26. The third kappa shape index (κ3) is 2.46. The number of aromatic nitrogens is 2. The smallest absolute Gasteiger partial charge is 0.427 e. The largest absolute Gasteiger partial charge is 0.791 e. The normalized spacial score (nSPS) is 11.5. The third-order valence-corrected chi connectivity index (χ3v) is 3.04.